The molecule has 6 heteroatoms. The fourth-order valence-electron chi connectivity index (χ4n) is 1.61. The summed E-state index contributed by atoms with van der Waals surface area (Å²) in [6.45, 7) is 0. The number of nitrogen functional groups attached to an aromatic ring is 1. The number of hydrogen-bond acceptors (Lipinski definition) is 5. The number of thioether (sulfide) groups is 1. The summed E-state index contributed by atoms with van der Waals surface area (Å²) in [6.07, 6.45) is 2.28. The van der Waals surface area contributed by atoms with E-state index in [-0.39, 0.29) is 5.82 Å². The second-order valence-electron chi connectivity index (χ2n) is 4.29. The molecule has 0 amide bonds. The van der Waals surface area contributed by atoms with Gasteiger partial charge in [0.15, 0.2) is 5.82 Å². The molecule has 1 aliphatic rings. The Morgan fingerprint density at radius 1 is 1.44 bits per heavy atom. The maximum atomic E-state index is 13.1. The first-order valence-electron chi connectivity index (χ1n) is 5.72. The first-order chi connectivity index (χ1) is 8.72. The summed E-state index contributed by atoms with van der Waals surface area (Å²) < 4.78 is 18.2. The zero-order valence-corrected chi connectivity index (χ0v) is 10.4. The van der Waals surface area contributed by atoms with E-state index in [4.69, 9.17) is 10.3 Å². The molecule has 0 unspecified atom stereocenters. The minimum Gasteiger partial charge on any atom is -0.398 e. The number of nitrogens with two attached hydrogens (primary N) is 1. The fraction of sp³-hybridized carbons (Fsp3) is 0.333. The van der Waals surface area contributed by atoms with Crippen molar-refractivity contribution < 1.29 is 8.91 Å². The van der Waals surface area contributed by atoms with Crippen molar-refractivity contribution in [3.8, 4) is 0 Å². The predicted molar refractivity (Wildman–Crippen MR) is 66.6 cm³/mol. The molecular weight excluding hydrogens is 253 g/mol. The summed E-state index contributed by atoms with van der Waals surface area (Å²) in [5.41, 5.74) is 6.32. The summed E-state index contributed by atoms with van der Waals surface area (Å²) in [4.78, 5) is 5.00. The van der Waals surface area contributed by atoms with Crippen molar-refractivity contribution in [3.05, 3.63) is 35.7 Å². The molecule has 3 rings (SSSR count). The number of benzene rings is 1. The summed E-state index contributed by atoms with van der Waals surface area (Å²) in [5, 5.41) is 3.93. The Kier molecular flexibility index (Phi) is 2.95. The van der Waals surface area contributed by atoms with Gasteiger partial charge in [0.1, 0.15) is 5.82 Å². The molecule has 2 aromatic rings. The number of hydrogen-bond donors (Lipinski definition) is 1. The Bertz CT molecular complexity index is 568. The molecule has 1 aromatic heterocycles. The average Bonchev–Trinajstić information content (AvgIpc) is 3.10. The van der Waals surface area contributed by atoms with Gasteiger partial charge in [-0.25, -0.2) is 4.39 Å². The third-order valence-electron chi connectivity index (χ3n) is 2.75. The van der Waals surface area contributed by atoms with Crippen LogP contribution >= 0.6 is 11.8 Å². The van der Waals surface area contributed by atoms with Crippen LogP contribution in [0.4, 0.5) is 10.1 Å². The van der Waals surface area contributed by atoms with E-state index in [2.05, 4.69) is 10.1 Å². The molecule has 1 saturated carbocycles. The van der Waals surface area contributed by atoms with Crippen LogP contribution in [0, 0.1) is 5.82 Å². The van der Waals surface area contributed by atoms with E-state index < -0.39 is 0 Å². The molecule has 2 N–H and O–H groups in total. The normalized spacial score (nSPS) is 14.9. The average molecular weight is 265 g/mol. The summed E-state index contributed by atoms with van der Waals surface area (Å²) in [7, 11) is 0. The molecule has 4 nitrogen and oxygen atoms in total. The second kappa shape index (κ2) is 4.61. The molecule has 0 saturated heterocycles. The van der Waals surface area contributed by atoms with E-state index in [1.807, 2.05) is 0 Å². The third-order valence-corrected chi connectivity index (χ3v) is 3.81. The molecule has 1 aliphatic carbocycles. The number of halogens is 1. The van der Waals surface area contributed by atoms with E-state index >= 15 is 0 Å². The van der Waals surface area contributed by atoms with Gasteiger partial charge >= 0.3 is 0 Å². The van der Waals surface area contributed by atoms with Gasteiger partial charge in [0.05, 0.1) is 5.75 Å². The lowest BCUT2D eigenvalue weighted by Gasteiger charge is -2.02. The van der Waals surface area contributed by atoms with Crippen LogP contribution in [0.2, 0.25) is 0 Å². The number of rotatable bonds is 4. The monoisotopic (exact) mass is 265 g/mol. The standard InChI is InChI=1S/C12H12FN3OS/c13-8-3-4-9(14)10(5-8)18-6-11-15-12(16-17-11)7-1-2-7/h3-5,7H,1-2,6,14H2. The van der Waals surface area contributed by atoms with Gasteiger partial charge in [-0.05, 0) is 31.0 Å². The molecule has 0 aliphatic heterocycles. The lowest BCUT2D eigenvalue weighted by atomic mass is 10.3. The third kappa shape index (κ3) is 2.48. The van der Waals surface area contributed by atoms with Crippen molar-refractivity contribution in [1.82, 2.24) is 10.1 Å². The molecule has 0 bridgehead atoms. The van der Waals surface area contributed by atoms with Gasteiger partial charge in [-0.2, -0.15) is 4.98 Å². The maximum absolute atomic E-state index is 13.1. The van der Waals surface area contributed by atoms with Gasteiger partial charge in [0, 0.05) is 16.5 Å². The highest BCUT2D eigenvalue weighted by molar-refractivity contribution is 7.98. The molecule has 0 spiro atoms. The van der Waals surface area contributed by atoms with Crippen LogP contribution in [-0.4, -0.2) is 10.1 Å². The molecule has 1 aromatic carbocycles. The number of nitrogens with zero attached hydrogens (tertiary/aromatic N) is 2. The predicted octanol–water partition coefficient (Wildman–Crippen LogP) is 2.96. The SMILES string of the molecule is Nc1ccc(F)cc1SCc1nc(C2CC2)no1. The second-order valence-corrected chi connectivity index (χ2v) is 5.31. The van der Waals surface area contributed by atoms with Crippen molar-refractivity contribution in [2.75, 3.05) is 5.73 Å². The molecule has 0 radical (unpaired) electrons. The van der Waals surface area contributed by atoms with Crippen LogP contribution in [0.25, 0.3) is 0 Å². The minimum atomic E-state index is -0.295. The Balaban J connectivity index is 1.67. The van der Waals surface area contributed by atoms with Gasteiger partial charge < -0.3 is 10.3 Å². The highest BCUT2D eigenvalue weighted by Gasteiger charge is 2.28. The van der Waals surface area contributed by atoms with Crippen molar-refractivity contribution in [2.24, 2.45) is 0 Å². The lowest BCUT2D eigenvalue weighted by Crippen LogP contribution is -1.90. The maximum Gasteiger partial charge on any atom is 0.237 e. The Morgan fingerprint density at radius 3 is 3.06 bits per heavy atom. The highest BCUT2D eigenvalue weighted by atomic mass is 32.2. The van der Waals surface area contributed by atoms with E-state index in [0.717, 1.165) is 18.7 Å². The van der Waals surface area contributed by atoms with Crippen molar-refractivity contribution >= 4 is 17.4 Å². The molecule has 1 heterocycles. The van der Waals surface area contributed by atoms with E-state index in [1.165, 1.54) is 23.9 Å². The van der Waals surface area contributed by atoms with E-state index in [1.54, 1.807) is 6.07 Å². The molecule has 94 valence electrons. The van der Waals surface area contributed by atoms with E-state index in [9.17, 15) is 4.39 Å². The van der Waals surface area contributed by atoms with Crippen molar-refractivity contribution in [1.29, 1.82) is 0 Å². The lowest BCUT2D eigenvalue weighted by molar-refractivity contribution is 0.385. The van der Waals surface area contributed by atoms with Gasteiger partial charge in [0.25, 0.3) is 0 Å². The molecular formula is C12H12FN3OS. The van der Waals surface area contributed by atoms with Crippen LogP contribution in [0.15, 0.2) is 27.6 Å². The van der Waals surface area contributed by atoms with Crippen LogP contribution in [0.3, 0.4) is 0 Å². The largest absolute Gasteiger partial charge is 0.398 e. The van der Waals surface area contributed by atoms with Crippen molar-refractivity contribution in [3.63, 3.8) is 0 Å². The zero-order chi connectivity index (χ0) is 12.5. The highest BCUT2D eigenvalue weighted by Crippen LogP contribution is 2.38. The van der Waals surface area contributed by atoms with Crippen LogP contribution in [0.5, 0.6) is 0 Å². The Hall–Kier alpha value is -1.56. The molecule has 1 fully saturated rings. The first kappa shape index (κ1) is 11.5. The Labute approximate surface area is 108 Å². The summed E-state index contributed by atoms with van der Waals surface area (Å²) >= 11 is 1.40. The number of aromatic nitrogens is 2. The smallest absolute Gasteiger partial charge is 0.237 e. The van der Waals surface area contributed by atoms with Crippen LogP contribution in [0.1, 0.15) is 30.5 Å². The fourth-order valence-corrected chi connectivity index (χ4v) is 2.43. The van der Waals surface area contributed by atoms with Crippen LogP contribution in [-0.2, 0) is 5.75 Å². The minimum absolute atomic E-state index is 0.295. The van der Waals surface area contributed by atoms with Gasteiger partial charge in [-0.15, -0.1) is 11.8 Å². The quantitative estimate of drug-likeness (QED) is 0.680. The first-order valence-corrected chi connectivity index (χ1v) is 6.71. The summed E-state index contributed by atoms with van der Waals surface area (Å²) in [5.74, 6) is 2.04. The van der Waals surface area contributed by atoms with Crippen LogP contribution < -0.4 is 5.73 Å². The molecule has 0 atom stereocenters. The van der Waals surface area contributed by atoms with Gasteiger partial charge in [-0.1, -0.05) is 5.16 Å². The van der Waals surface area contributed by atoms with E-state index in [0.29, 0.717) is 28.1 Å². The topological polar surface area (TPSA) is 64.9 Å². The zero-order valence-electron chi connectivity index (χ0n) is 9.60. The Morgan fingerprint density at radius 2 is 2.28 bits per heavy atom. The van der Waals surface area contributed by atoms with Crippen molar-refractivity contribution in [2.45, 2.75) is 29.4 Å². The molecule has 18 heavy (non-hydrogen) atoms. The number of anilines is 1. The summed E-state index contributed by atoms with van der Waals surface area (Å²) in [6, 6.07) is 4.32. The van der Waals surface area contributed by atoms with Gasteiger partial charge in [-0.3, -0.25) is 0 Å². The van der Waals surface area contributed by atoms with Gasteiger partial charge in [0.2, 0.25) is 5.89 Å².